The van der Waals surface area contributed by atoms with Gasteiger partial charge < -0.3 is 14.6 Å². The van der Waals surface area contributed by atoms with E-state index in [4.69, 9.17) is 28.2 Å². The standard InChI is InChI=1S/C18H18ClN3O3S/c1-2-20-18(26)21(11-14-4-3-9-25-14)15-10-16(23)22(17(15)24)13-7-5-12(19)6-8-13/h3-9,15H,2,10-11H2,1H3,(H,20,26)/t15-/m0/s1. The van der Waals surface area contributed by atoms with Crippen molar-refractivity contribution in [2.45, 2.75) is 25.9 Å². The molecule has 1 N–H and O–H groups in total. The molecule has 1 aromatic heterocycles. The molecule has 8 heteroatoms. The maximum atomic E-state index is 13.0. The molecule has 2 aromatic rings. The van der Waals surface area contributed by atoms with Crippen LogP contribution < -0.4 is 10.2 Å². The van der Waals surface area contributed by atoms with Crippen molar-refractivity contribution in [3.8, 4) is 0 Å². The Morgan fingerprint density at radius 3 is 2.69 bits per heavy atom. The molecule has 0 unspecified atom stereocenters. The van der Waals surface area contributed by atoms with E-state index in [1.807, 2.05) is 6.92 Å². The Bertz CT molecular complexity index is 808. The third-order valence-electron chi connectivity index (χ3n) is 4.08. The molecule has 3 rings (SSSR count). The number of hydrogen-bond donors (Lipinski definition) is 1. The van der Waals surface area contributed by atoms with Gasteiger partial charge in [0.15, 0.2) is 5.11 Å². The molecule has 1 aliphatic rings. The number of benzene rings is 1. The molecule has 0 aliphatic carbocycles. The summed E-state index contributed by atoms with van der Waals surface area (Å²) in [5.41, 5.74) is 0.499. The van der Waals surface area contributed by atoms with Gasteiger partial charge in [0.05, 0.1) is 24.9 Å². The fourth-order valence-corrected chi connectivity index (χ4v) is 3.33. The summed E-state index contributed by atoms with van der Waals surface area (Å²) in [6.07, 6.45) is 1.61. The van der Waals surface area contributed by atoms with Gasteiger partial charge in [-0.3, -0.25) is 9.59 Å². The van der Waals surface area contributed by atoms with Gasteiger partial charge >= 0.3 is 0 Å². The van der Waals surface area contributed by atoms with Crippen LogP contribution in [0.5, 0.6) is 0 Å². The number of amides is 2. The van der Waals surface area contributed by atoms with Crippen molar-refractivity contribution < 1.29 is 14.0 Å². The number of carbonyl (C=O) groups excluding carboxylic acids is 2. The van der Waals surface area contributed by atoms with E-state index in [1.54, 1.807) is 47.6 Å². The highest BCUT2D eigenvalue weighted by atomic mass is 35.5. The minimum Gasteiger partial charge on any atom is -0.467 e. The molecule has 1 aliphatic heterocycles. The molecule has 0 spiro atoms. The number of anilines is 1. The van der Waals surface area contributed by atoms with Crippen molar-refractivity contribution in [3.63, 3.8) is 0 Å². The molecule has 0 saturated carbocycles. The fourth-order valence-electron chi connectivity index (χ4n) is 2.87. The molecule has 1 fully saturated rings. The van der Waals surface area contributed by atoms with Gasteiger partial charge in [-0.25, -0.2) is 4.90 Å². The van der Waals surface area contributed by atoms with Gasteiger partial charge in [-0.15, -0.1) is 0 Å². The second kappa shape index (κ2) is 7.88. The predicted octanol–water partition coefficient (Wildman–Crippen LogP) is 2.96. The third kappa shape index (κ3) is 3.73. The third-order valence-corrected chi connectivity index (χ3v) is 4.71. The quantitative estimate of drug-likeness (QED) is 0.624. The average molecular weight is 392 g/mol. The number of nitrogens with zero attached hydrogens (tertiary/aromatic N) is 2. The maximum Gasteiger partial charge on any atom is 0.257 e. The van der Waals surface area contributed by atoms with E-state index < -0.39 is 6.04 Å². The van der Waals surface area contributed by atoms with E-state index in [-0.39, 0.29) is 18.2 Å². The first-order chi connectivity index (χ1) is 12.5. The Labute approximate surface area is 161 Å². The molecule has 1 saturated heterocycles. The molecular formula is C18H18ClN3O3S. The number of hydrogen-bond acceptors (Lipinski definition) is 4. The second-order valence-corrected chi connectivity index (χ2v) is 6.63. The number of nitrogens with one attached hydrogen (secondary N) is 1. The molecule has 136 valence electrons. The van der Waals surface area contributed by atoms with E-state index in [0.29, 0.717) is 34.7 Å². The SMILES string of the molecule is CCNC(=S)N(Cc1ccco1)[C@H]1CC(=O)N(c2ccc(Cl)cc2)C1=O. The fraction of sp³-hybridized carbons (Fsp3) is 0.278. The Hall–Kier alpha value is -2.38. The Balaban J connectivity index is 1.87. The van der Waals surface area contributed by atoms with Gasteiger partial charge in [-0.05, 0) is 55.5 Å². The molecular weight excluding hydrogens is 374 g/mol. The molecule has 6 nitrogen and oxygen atoms in total. The molecule has 0 bridgehead atoms. The minimum atomic E-state index is -0.685. The largest absolute Gasteiger partial charge is 0.467 e. The first kappa shape index (κ1) is 18.4. The number of imide groups is 1. The van der Waals surface area contributed by atoms with E-state index in [9.17, 15) is 9.59 Å². The lowest BCUT2D eigenvalue weighted by molar-refractivity contribution is -0.122. The molecule has 0 radical (unpaired) electrons. The van der Waals surface area contributed by atoms with Gasteiger partial charge in [0, 0.05) is 11.6 Å². The van der Waals surface area contributed by atoms with Crippen molar-refractivity contribution in [3.05, 3.63) is 53.4 Å². The first-order valence-electron chi connectivity index (χ1n) is 8.20. The first-order valence-corrected chi connectivity index (χ1v) is 8.99. The zero-order valence-electron chi connectivity index (χ0n) is 14.1. The monoisotopic (exact) mass is 391 g/mol. The van der Waals surface area contributed by atoms with E-state index in [2.05, 4.69) is 5.32 Å². The Morgan fingerprint density at radius 2 is 2.08 bits per heavy atom. The number of carbonyl (C=O) groups is 2. The van der Waals surface area contributed by atoms with Crippen LogP contribution in [-0.4, -0.2) is 34.4 Å². The summed E-state index contributed by atoms with van der Waals surface area (Å²) in [6.45, 7) is 2.83. The number of thiocarbonyl (C=S) groups is 1. The van der Waals surface area contributed by atoms with E-state index in [1.165, 1.54) is 4.90 Å². The smallest absolute Gasteiger partial charge is 0.257 e. The van der Waals surface area contributed by atoms with Crippen molar-refractivity contribution in [2.24, 2.45) is 0 Å². The molecule has 26 heavy (non-hydrogen) atoms. The Kier molecular flexibility index (Phi) is 5.58. The van der Waals surface area contributed by atoms with Crippen LogP contribution in [0.3, 0.4) is 0 Å². The van der Waals surface area contributed by atoms with Crippen LogP contribution in [0.1, 0.15) is 19.1 Å². The topological polar surface area (TPSA) is 65.8 Å². The van der Waals surface area contributed by atoms with Crippen LogP contribution in [0.25, 0.3) is 0 Å². The van der Waals surface area contributed by atoms with Crippen molar-refractivity contribution in [1.82, 2.24) is 10.2 Å². The summed E-state index contributed by atoms with van der Waals surface area (Å²) >= 11 is 11.3. The van der Waals surface area contributed by atoms with Gasteiger partial charge in [0.25, 0.3) is 5.91 Å². The normalized spacial score (nSPS) is 16.8. The minimum absolute atomic E-state index is 0.0493. The summed E-state index contributed by atoms with van der Waals surface area (Å²) in [5, 5.41) is 4.00. The highest BCUT2D eigenvalue weighted by Crippen LogP contribution is 2.27. The molecule has 1 aromatic carbocycles. The highest BCUT2D eigenvalue weighted by Gasteiger charge is 2.43. The summed E-state index contributed by atoms with van der Waals surface area (Å²) < 4.78 is 5.39. The van der Waals surface area contributed by atoms with Gasteiger partial charge in [0.1, 0.15) is 11.8 Å². The zero-order chi connectivity index (χ0) is 18.7. The lowest BCUT2D eigenvalue weighted by atomic mass is 10.2. The lowest BCUT2D eigenvalue weighted by Crippen LogP contribution is -2.49. The molecule has 1 atom stereocenters. The Morgan fingerprint density at radius 1 is 1.35 bits per heavy atom. The van der Waals surface area contributed by atoms with E-state index in [0.717, 1.165) is 0 Å². The van der Waals surface area contributed by atoms with Crippen molar-refractivity contribution in [1.29, 1.82) is 0 Å². The van der Waals surface area contributed by atoms with Crippen LogP contribution in [0, 0.1) is 0 Å². The lowest BCUT2D eigenvalue weighted by Gasteiger charge is -2.29. The van der Waals surface area contributed by atoms with Crippen LogP contribution in [0.4, 0.5) is 5.69 Å². The summed E-state index contributed by atoms with van der Waals surface area (Å²) in [4.78, 5) is 28.4. The maximum absolute atomic E-state index is 13.0. The van der Waals surface area contributed by atoms with Gasteiger partial charge in [-0.2, -0.15) is 0 Å². The number of rotatable bonds is 5. The molecule has 2 amide bonds. The van der Waals surface area contributed by atoms with E-state index >= 15 is 0 Å². The van der Waals surface area contributed by atoms with Crippen LogP contribution in [0.15, 0.2) is 47.1 Å². The number of furan rings is 1. The molecule has 2 heterocycles. The van der Waals surface area contributed by atoms with Gasteiger partial charge in [-0.1, -0.05) is 11.6 Å². The summed E-state index contributed by atoms with van der Waals surface area (Å²) in [7, 11) is 0. The summed E-state index contributed by atoms with van der Waals surface area (Å²) in [5.74, 6) is 0.0747. The van der Waals surface area contributed by atoms with Gasteiger partial charge in [0.2, 0.25) is 5.91 Å². The highest BCUT2D eigenvalue weighted by molar-refractivity contribution is 7.80. The predicted molar refractivity (Wildman–Crippen MR) is 103 cm³/mol. The average Bonchev–Trinajstić information content (AvgIpc) is 3.22. The van der Waals surface area contributed by atoms with Crippen LogP contribution in [0.2, 0.25) is 5.02 Å². The van der Waals surface area contributed by atoms with Crippen molar-refractivity contribution in [2.75, 3.05) is 11.4 Å². The zero-order valence-corrected chi connectivity index (χ0v) is 15.7. The second-order valence-electron chi connectivity index (χ2n) is 5.81. The van der Waals surface area contributed by atoms with Crippen LogP contribution >= 0.6 is 23.8 Å². The summed E-state index contributed by atoms with van der Waals surface area (Å²) in [6, 6.07) is 9.49. The number of halogens is 1. The van der Waals surface area contributed by atoms with Crippen molar-refractivity contribution >= 4 is 46.4 Å². The van der Waals surface area contributed by atoms with Crippen LogP contribution in [-0.2, 0) is 16.1 Å².